The van der Waals surface area contributed by atoms with E-state index in [1.807, 2.05) is 0 Å². The third-order valence-corrected chi connectivity index (χ3v) is 7.91. The van der Waals surface area contributed by atoms with Gasteiger partial charge in [0.05, 0.1) is 28.9 Å². The molecule has 2 N–H and O–H groups in total. The molecule has 0 spiro atoms. The highest BCUT2D eigenvalue weighted by Gasteiger charge is 2.54. The van der Waals surface area contributed by atoms with Gasteiger partial charge in [-0.1, -0.05) is 72.8 Å². The molecular weight excluding hydrogens is 718 g/mol. The van der Waals surface area contributed by atoms with Crippen molar-refractivity contribution in [2.45, 2.75) is 30.7 Å². The molecule has 1 amide bonds. The summed E-state index contributed by atoms with van der Waals surface area (Å²) in [6, 6.07) is 31.6. The van der Waals surface area contributed by atoms with E-state index in [0.717, 1.165) is 0 Å². The van der Waals surface area contributed by atoms with E-state index in [1.165, 1.54) is 48.5 Å². The number of hydrogen-bond acceptors (Lipinski definition) is 13. The lowest BCUT2D eigenvalue weighted by atomic mass is 9.97. The van der Waals surface area contributed by atoms with Crippen molar-refractivity contribution in [3.05, 3.63) is 144 Å². The fourth-order valence-corrected chi connectivity index (χ4v) is 5.29. The number of amides is 1. The summed E-state index contributed by atoms with van der Waals surface area (Å²) in [7, 11) is 0. The molecule has 0 aromatic heterocycles. The number of nitrogens with one attached hydrogen (secondary N) is 1. The van der Waals surface area contributed by atoms with Gasteiger partial charge in [-0.25, -0.2) is 24.0 Å². The summed E-state index contributed by atoms with van der Waals surface area (Å²) in [6.07, 6.45) is -8.03. The summed E-state index contributed by atoms with van der Waals surface area (Å²) in [5.41, 5.74) is 0.528. The third kappa shape index (κ3) is 11.8. The van der Waals surface area contributed by atoms with Crippen LogP contribution in [0.15, 0.2) is 121 Å². The first-order valence-electron chi connectivity index (χ1n) is 17.0. The zero-order chi connectivity index (χ0) is 39.0. The number of aliphatic carboxylic acids is 1. The van der Waals surface area contributed by atoms with Gasteiger partial charge in [0, 0.05) is 6.54 Å². The van der Waals surface area contributed by atoms with E-state index < -0.39 is 86.3 Å². The zero-order valence-corrected chi connectivity index (χ0v) is 29.2. The molecule has 1 aliphatic heterocycles. The van der Waals surface area contributed by atoms with E-state index in [2.05, 4.69) is 5.32 Å². The number of carboxylic acids is 1. The lowest BCUT2D eigenvalue weighted by Gasteiger charge is -2.44. The normalized spacial score (nSPS) is 18.9. The van der Waals surface area contributed by atoms with Crippen LogP contribution in [0.5, 0.6) is 0 Å². The van der Waals surface area contributed by atoms with E-state index in [4.69, 9.17) is 38.3 Å². The van der Waals surface area contributed by atoms with Crippen molar-refractivity contribution < 1.29 is 67.0 Å². The van der Waals surface area contributed by atoms with Crippen LogP contribution >= 0.6 is 0 Å². The van der Waals surface area contributed by atoms with Gasteiger partial charge in [-0.15, -0.1) is 0 Å². The second kappa shape index (κ2) is 20.1. The Labute approximate surface area is 315 Å². The maximum absolute atomic E-state index is 13.7. The van der Waals surface area contributed by atoms with Crippen molar-refractivity contribution in [1.82, 2.24) is 5.32 Å². The van der Waals surface area contributed by atoms with Crippen LogP contribution in [0.1, 0.15) is 41.4 Å². The monoisotopic (exact) mass is 755 g/mol. The zero-order valence-electron chi connectivity index (χ0n) is 29.2. The van der Waals surface area contributed by atoms with Crippen molar-refractivity contribution in [2.75, 3.05) is 33.0 Å². The standard InChI is InChI=1S/C40H37NO14/c42-31(41-21-22-49-25-32(43)44)24-51-40-35(55-39(48)29-19-11-4-12-20-29)34(54-38(47)28-17-9-3-10-18-28)33(53-37(46)27-15-7-2-8-16-27)30(52-40)23-50-36(45)26-13-5-1-6-14-26/h1-20,30,33-35,40H,21-25H2,(H,41,42)(H,43,44)/t30?,33-,34-,35?,40+/m0/s1. The van der Waals surface area contributed by atoms with Crippen LogP contribution in [0.2, 0.25) is 0 Å². The second-order valence-electron chi connectivity index (χ2n) is 11.8. The van der Waals surface area contributed by atoms with Gasteiger partial charge < -0.3 is 43.6 Å². The number of carbonyl (C=O) groups excluding carboxylic acids is 5. The van der Waals surface area contributed by atoms with Gasteiger partial charge in [-0.2, -0.15) is 0 Å². The Balaban J connectivity index is 1.49. The number of esters is 4. The Morgan fingerprint density at radius 3 is 1.47 bits per heavy atom. The van der Waals surface area contributed by atoms with Gasteiger partial charge >= 0.3 is 29.8 Å². The first-order valence-corrected chi connectivity index (χ1v) is 17.0. The lowest BCUT2D eigenvalue weighted by molar-refractivity contribution is -0.296. The van der Waals surface area contributed by atoms with Crippen molar-refractivity contribution in [3.8, 4) is 0 Å². The first-order chi connectivity index (χ1) is 26.7. The molecule has 1 saturated heterocycles. The van der Waals surface area contributed by atoms with E-state index in [9.17, 15) is 28.8 Å². The average molecular weight is 756 g/mol. The Morgan fingerprint density at radius 1 is 0.564 bits per heavy atom. The highest BCUT2D eigenvalue weighted by molar-refractivity contribution is 5.91. The predicted octanol–water partition coefficient (Wildman–Crippen LogP) is 3.48. The van der Waals surface area contributed by atoms with Crippen LogP contribution in [0.3, 0.4) is 0 Å². The molecule has 15 heteroatoms. The van der Waals surface area contributed by atoms with Crippen molar-refractivity contribution in [3.63, 3.8) is 0 Å². The topological polar surface area (TPSA) is 199 Å². The fourth-order valence-electron chi connectivity index (χ4n) is 5.29. The smallest absolute Gasteiger partial charge is 0.338 e. The Hall–Kier alpha value is -6.42. The minimum absolute atomic E-state index is 0.0691. The van der Waals surface area contributed by atoms with Crippen LogP contribution in [0.25, 0.3) is 0 Å². The van der Waals surface area contributed by atoms with Gasteiger partial charge in [0.2, 0.25) is 5.91 Å². The molecule has 15 nitrogen and oxygen atoms in total. The third-order valence-electron chi connectivity index (χ3n) is 7.91. The molecule has 0 saturated carbocycles. The van der Waals surface area contributed by atoms with Gasteiger partial charge in [-0.05, 0) is 48.5 Å². The first kappa shape index (κ1) is 39.8. The Kier molecular flexibility index (Phi) is 14.6. The van der Waals surface area contributed by atoms with Crippen LogP contribution < -0.4 is 5.32 Å². The van der Waals surface area contributed by atoms with Crippen molar-refractivity contribution >= 4 is 35.8 Å². The maximum atomic E-state index is 13.7. The quantitative estimate of drug-likeness (QED) is 0.0902. The number of carboxylic acid groups (broad SMARTS) is 1. The summed E-state index contributed by atoms with van der Waals surface area (Å²) in [5.74, 6) is -5.30. The highest BCUT2D eigenvalue weighted by Crippen LogP contribution is 2.32. The molecular formula is C40H37NO14. The van der Waals surface area contributed by atoms with Gasteiger partial charge in [0.25, 0.3) is 0 Å². The molecule has 4 aromatic carbocycles. The van der Waals surface area contributed by atoms with E-state index in [0.29, 0.717) is 0 Å². The summed E-state index contributed by atoms with van der Waals surface area (Å²) >= 11 is 0. The van der Waals surface area contributed by atoms with Gasteiger partial charge in [0.1, 0.15) is 25.9 Å². The summed E-state index contributed by atoms with van der Waals surface area (Å²) in [5, 5.41) is 11.3. The van der Waals surface area contributed by atoms with Gasteiger partial charge in [0.15, 0.2) is 24.6 Å². The van der Waals surface area contributed by atoms with E-state index in [-0.39, 0.29) is 35.4 Å². The van der Waals surface area contributed by atoms with Crippen LogP contribution in [0.4, 0.5) is 0 Å². The molecule has 1 heterocycles. The maximum Gasteiger partial charge on any atom is 0.338 e. The number of benzene rings is 4. The molecule has 5 atom stereocenters. The Morgan fingerprint density at radius 2 is 1.00 bits per heavy atom. The van der Waals surface area contributed by atoms with E-state index in [1.54, 1.807) is 72.8 Å². The predicted molar refractivity (Wildman–Crippen MR) is 190 cm³/mol. The molecule has 2 unspecified atom stereocenters. The summed E-state index contributed by atoms with van der Waals surface area (Å²) in [4.78, 5) is 77.4. The van der Waals surface area contributed by atoms with Crippen LogP contribution in [-0.4, -0.2) is 105 Å². The molecule has 1 aliphatic rings. The van der Waals surface area contributed by atoms with Crippen LogP contribution in [0, 0.1) is 0 Å². The second-order valence-corrected chi connectivity index (χ2v) is 11.8. The summed E-state index contributed by atoms with van der Waals surface area (Å²) in [6.45, 7) is -2.03. The Bertz CT molecular complexity index is 1890. The molecule has 286 valence electrons. The average Bonchev–Trinajstić information content (AvgIpc) is 3.21. The minimum Gasteiger partial charge on any atom is -0.480 e. The SMILES string of the molecule is O=C(O)COCCNC(=O)CO[C@@H]1OC(COC(=O)c2ccccc2)[C@H](OC(=O)c2ccccc2)[C@H](OC(=O)c2ccccc2)C1OC(=O)c1ccccc1. The van der Waals surface area contributed by atoms with Crippen LogP contribution in [-0.2, 0) is 42.7 Å². The summed E-state index contributed by atoms with van der Waals surface area (Å²) < 4.78 is 40.4. The molecule has 1 fully saturated rings. The van der Waals surface area contributed by atoms with E-state index >= 15 is 0 Å². The number of ether oxygens (including phenoxy) is 7. The minimum atomic E-state index is -1.68. The molecule has 4 aromatic rings. The molecule has 55 heavy (non-hydrogen) atoms. The molecule has 0 bridgehead atoms. The number of carbonyl (C=O) groups is 6. The van der Waals surface area contributed by atoms with Crippen molar-refractivity contribution in [1.29, 1.82) is 0 Å². The number of hydrogen-bond donors (Lipinski definition) is 2. The largest absolute Gasteiger partial charge is 0.480 e. The van der Waals surface area contributed by atoms with Gasteiger partial charge in [-0.3, -0.25) is 4.79 Å². The fraction of sp³-hybridized carbons (Fsp3) is 0.250. The highest BCUT2D eigenvalue weighted by atomic mass is 16.7. The lowest BCUT2D eigenvalue weighted by Crippen LogP contribution is -2.63. The molecule has 5 rings (SSSR count). The number of rotatable bonds is 17. The molecule has 0 radical (unpaired) electrons. The van der Waals surface area contributed by atoms with Crippen molar-refractivity contribution in [2.24, 2.45) is 0 Å². The molecule has 0 aliphatic carbocycles.